The molecule has 0 radical (unpaired) electrons. The molecule has 2 N–H and O–H groups in total. The molecule has 0 bridgehead atoms. The molecule has 1 aromatic rings. The minimum Gasteiger partial charge on any atom is -0.444 e. The van der Waals surface area contributed by atoms with E-state index in [-0.39, 0.29) is 24.8 Å². The van der Waals surface area contributed by atoms with Crippen molar-refractivity contribution in [1.82, 2.24) is 15.5 Å². The zero-order valence-electron chi connectivity index (χ0n) is 18.4. The Balaban J connectivity index is 1.57. The van der Waals surface area contributed by atoms with Crippen LogP contribution in [0.3, 0.4) is 0 Å². The Morgan fingerprint density at radius 2 is 1.70 bits per heavy atom. The van der Waals surface area contributed by atoms with Crippen LogP contribution in [-0.2, 0) is 20.7 Å². The van der Waals surface area contributed by atoms with Crippen molar-refractivity contribution in [3.05, 3.63) is 35.9 Å². The fourth-order valence-electron chi connectivity index (χ4n) is 3.38. The number of benzene rings is 1. The van der Waals surface area contributed by atoms with E-state index in [0.29, 0.717) is 32.0 Å². The van der Waals surface area contributed by atoms with Gasteiger partial charge in [-0.25, -0.2) is 4.79 Å². The van der Waals surface area contributed by atoms with Gasteiger partial charge in [0.1, 0.15) is 5.60 Å². The van der Waals surface area contributed by atoms with Crippen molar-refractivity contribution in [2.75, 3.05) is 26.2 Å². The van der Waals surface area contributed by atoms with Crippen molar-refractivity contribution in [1.29, 1.82) is 0 Å². The van der Waals surface area contributed by atoms with Crippen LogP contribution in [0.1, 0.15) is 52.0 Å². The zero-order valence-corrected chi connectivity index (χ0v) is 18.4. The second kappa shape index (κ2) is 11.6. The molecule has 7 heteroatoms. The molecule has 1 heterocycles. The van der Waals surface area contributed by atoms with E-state index < -0.39 is 11.7 Å². The van der Waals surface area contributed by atoms with Crippen LogP contribution in [0.5, 0.6) is 0 Å². The highest BCUT2D eigenvalue weighted by Gasteiger charge is 2.23. The number of carbonyl (C=O) groups is 3. The van der Waals surface area contributed by atoms with Gasteiger partial charge in [-0.15, -0.1) is 0 Å². The van der Waals surface area contributed by atoms with Crippen molar-refractivity contribution in [2.45, 2.75) is 58.5 Å². The number of ether oxygens (including phenoxy) is 1. The van der Waals surface area contributed by atoms with Crippen LogP contribution >= 0.6 is 0 Å². The smallest absolute Gasteiger partial charge is 0.407 e. The van der Waals surface area contributed by atoms with E-state index in [2.05, 4.69) is 10.6 Å². The number of piperidine rings is 1. The number of rotatable bonds is 8. The minimum absolute atomic E-state index is 0.0383. The molecule has 1 saturated heterocycles. The fraction of sp³-hybridized carbons (Fsp3) is 0.609. The van der Waals surface area contributed by atoms with Gasteiger partial charge in [-0.3, -0.25) is 9.59 Å². The Morgan fingerprint density at radius 3 is 2.33 bits per heavy atom. The summed E-state index contributed by atoms with van der Waals surface area (Å²) in [6.45, 7) is 7.71. The highest BCUT2D eigenvalue weighted by atomic mass is 16.6. The molecule has 7 nitrogen and oxygen atoms in total. The van der Waals surface area contributed by atoms with E-state index in [9.17, 15) is 14.4 Å². The van der Waals surface area contributed by atoms with Crippen LogP contribution in [-0.4, -0.2) is 54.6 Å². The maximum atomic E-state index is 12.3. The average molecular weight is 418 g/mol. The highest BCUT2D eigenvalue weighted by molar-refractivity contribution is 5.77. The first-order chi connectivity index (χ1) is 14.2. The molecule has 30 heavy (non-hydrogen) atoms. The van der Waals surface area contributed by atoms with Crippen molar-refractivity contribution in [3.8, 4) is 0 Å². The lowest BCUT2D eigenvalue weighted by molar-refractivity contribution is -0.132. The van der Waals surface area contributed by atoms with Crippen molar-refractivity contribution in [3.63, 3.8) is 0 Å². The number of carbonyl (C=O) groups excluding carboxylic acids is 3. The number of hydrogen-bond donors (Lipinski definition) is 2. The second-order valence-corrected chi connectivity index (χ2v) is 8.79. The third kappa shape index (κ3) is 9.29. The molecule has 0 spiro atoms. The standard InChI is InChI=1S/C23H35N3O4/c1-23(2,3)30-22(29)24-14-11-21(28)26-15-12-19(13-16-26)17-25-20(27)10-9-18-7-5-4-6-8-18/h4-8,19H,9-17H2,1-3H3,(H,24,29)(H,25,27). The van der Waals surface area contributed by atoms with Gasteiger partial charge in [-0.1, -0.05) is 30.3 Å². The number of nitrogens with zero attached hydrogens (tertiary/aromatic N) is 1. The van der Waals surface area contributed by atoms with Gasteiger partial charge in [0.2, 0.25) is 11.8 Å². The summed E-state index contributed by atoms with van der Waals surface area (Å²) in [7, 11) is 0. The maximum absolute atomic E-state index is 12.3. The van der Waals surface area contributed by atoms with E-state index >= 15 is 0 Å². The van der Waals surface area contributed by atoms with Gasteiger partial charge in [0.15, 0.2) is 0 Å². The number of aryl methyl sites for hydroxylation is 1. The molecule has 1 aromatic carbocycles. The molecule has 1 aliphatic heterocycles. The zero-order chi connectivity index (χ0) is 22.0. The molecule has 0 saturated carbocycles. The van der Waals surface area contributed by atoms with E-state index in [1.54, 1.807) is 20.8 Å². The summed E-state index contributed by atoms with van der Waals surface area (Å²) >= 11 is 0. The quantitative estimate of drug-likeness (QED) is 0.681. The summed E-state index contributed by atoms with van der Waals surface area (Å²) in [6, 6.07) is 10.00. The van der Waals surface area contributed by atoms with Gasteiger partial charge >= 0.3 is 6.09 Å². The van der Waals surface area contributed by atoms with E-state index in [0.717, 1.165) is 19.3 Å². The van der Waals surface area contributed by atoms with Crippen molar-refractivity contribution in [2.24, 2.45) is 5.92 Å². The molecule has 0 unspecified atom stereocenters. The monoisotopic (exact) mass is 417 g/mol. The minimum atomic E-state index is -0.549. The summed E-state index contributed by atoms with van der Waals surface area (Å²) < 4.78 is 5.16. The first-order valence-electron chi connectivity index (χ1n) is 10.8. The third-order valence-electron chi connectivity index (χ3n) is 5.05. The highest BCUT2D eigenvalue weighted by Crippen LogP contribution is 2.17. The van der Waals surface area contributed by atoms with Gasteiger partial charge in [0.25, 0.3) is 0 Å². The predicted molar refractivity (Wildman–Crippen MR) is 116 cm³/mol. The molecule has 3 amide bonds. The molecular weight excluding hydrogens is 382 g/mol. The number of alkyl carbamates (subject to hydrolysis) is 1. The van der Waals surface area contributed by atoms with Gasteiger partial charge in [0.05, 0.1) is 0 Å². The van der Waals surface area contributed by atoms with Crippen LogP contribution in [0.4, 0.5) is 4.79 Å². The van der Waals surface area contributed by atoms with Gasteiger partial charge < -0.3 is 20.3 Å². The normalized spacial score (nSPS) is 14.8. The summed E-state index contributed by atoms with van der Waals surface area (Å²) in [5, 5.41) is 5.65. The third-order valence-corrected chi connectivity index (χ3v) is 5.05. The summed E-state index contributed by atoms with van der Waals surface area (Å²) in [5.41, 5.74) is 0.619. The number of nitrogens with one attached hydrogen (secondary N) is 2. The fourth-order valence-corrected chi connectivity index (χ4v) is 3.38. The first-order valence-corrected chi connectivity index (χ1v) is 10.8. The Hall–Kier alpha value is -2.57. The van der Waals surface area contributed by atoms with Crippen LogP contribution in [0.25, 0.3) is 0 Å². The first kappa shape index (κ1) is 23.7. The Bertz CT molecular complexity index is 692. The van der Waals surface area contributed by atoms with E-state index in [1.165, 1.54) is 5.56 Å². The predicted octanol–water partition coefficient (Wildman–Crippen LogP) is 2.89. The Labute approximate surface area is 179 Å². The van der Waals surface area contributed by atoms with Crippen LogP contribution < -0.4 is 10.6 Å². The lowest BCUT2D eigenvalue weighted by Crippen LogP contribution is -2.42. The lowest BCUT2D eigenvalue weighted by atomic mass is 9.96. The molecule has 0 aromatic heterocycles. The molecule has 1 fully saturated rings. The largest absolute Gasteiger partial charge is 0.444 e. The van der Waals surface area contributed by atoms with Crippen LogP contribution in [0.2, 0.25) is 0 Å². The summed E-state index contributed by atoms with van der Waals surface area (Å²) in [4.78, 5) is 37.9. The van der Waals surface area contributed by atoms with E-state index in [4.69, 9.17) is 4.74 Å². The Kier molecular flexibility index (Phi) is 9.15. The summed E-state index contributed by atoms with van der Waals surface area (Å²) in [5.74, 6) is 0.511. The van der Waals surface area contributed by atoms with Gasteiger partial charge in [-0.05, 0) is 51.5 Å². The van der Waals surface area contributed by atoms with Crippen molar-refractivity contribution >= 4 is 17.9 Å². The molecular formula is C23H35N3O4. The maximum Gasteiger partial charge on any atom is 0.407 e. The molecule has 2 rings (SSSR count). The topological polar surface area (TPSA) is 87.7 Å². The van der Waals surface area contributed by atoms with E-state index in [1.807, 2.05) is 35.2 Å². The molecule has 0 atom stereocenters. The van der Waals surface area contributed by atoms with Crippen molar-refractivity contribution < 1.29 is 19.1 Å². The second-order valence-electron chi connectivity index (χ2n) is 8.79. The van der Waals surface area contributed by atoms with Crippen LogP contribution in [0.15, 0.2) is 30.3 Å². The number of amides is 3. The average Bonchev–Trinajstić information content (AvgIpc) is 2.70. The van der Waals surface area contributed by atoms with Gasteiger partial charge in [-0.2, -0.15) is 0 Å². The van der Waals surface area contributed by atoms with Crippen LogP contribution in [0, 0.1) is 5.92 Å². The lowest BCUT2D eigenvalue weighted by Gasteiger charge is -2.32. The van der Waals surface area contributed by atoms with Gasteiger partial charge in [0, 0.05) is 39.0 Å². The summed E-state index contributed by atoms with van der Waals surface area (Å²) in [6.07, 6.45) is 2.76. The number of hydrogen-bond acceptors (Lipinski definition) is 4. The molecule has 0 aliphatic carbocycles. The SMILES string of the molecule is CC(C)(C)OC(=O)NCCC(=O)N1CCC(CNC(=O)CCc2ccccc2)CC1. The molecule has 166 valence electrons. The number of likely N-dealkylation sites (tertiary alicyclic amines) is 1. The molecule has 1 aliphatic rings. The Morgan fingerprint density at radius 1 is 1.03 bits per heavy atom.